The number of rotatable bonds is 3. The fraction of sp³-hybridized carbons (Fsp3) is 0.222. The highest BCUT2D eigenvalue weighted by molar-refractivity contribution is 7.09. The second-order valence-electron chi connectivity index (χ2n) is 3.18. The van der Waals surface area contributed by atoms with Gasteiger partial charge in [0.15, 0.2) is 5.82 Å². The summed E-state index contributed by atoms with van der Waals surface area (Å²) in [4.78, 5) is 12.1. The Labute approximate surface area is 102 Å². The van der Waals surface area contributed by atoms with Crippen LogP contribution < -0.4 is 11.1 Å². The summed E-state index contributed by atoms with van der Waals surface area (Å²) in [5, 5.41) is 6.22. The van der Waals surface area contributed by atoms with E-state index in [4.69, 9.17) is 17.3 Å². The summed E-state index contributed by atoms with van der Waals surface area (Å²) in [6.45, 7) is 2.53. The van der Waals surface area contributed by atoms with E-state index >= 15 is 0 Å². The minimum Gasteiger partial charge on any atom is -0.394 e. The third-order valence-electron chi connectivity index (χ3n) is 1.86. The van der Waals surface area contributed by atoms with Crippen LogP contribution in [-0.2, 0) is 6.54 Å². The van der Waals surface area contributed by atoms with Crippen molar-refractivity contribution in [3.8, 4) is 0 Å². The molecule has 0 spiro atoms. The van der Waals surface area contributed by atoms with Gasteiger partial charge < -0.3 is 11.1 Å². The summed E-state index contributed by atoms with van der Waals surface area (Å²) in [6.07, 6.45) is 1.48. The lowest BCUT2D eigenvalue weighted by Crippen LogP contribution is -2.05. The van der Waals surface area contributed by atoms with Crippen molar-refractivity contribution in [1.82, 2.24) is 15.0 Å². The van der Waals surface area contributed by atoms with E-state index < -0.39 is 0 Å². The van der Waals surface area contributed by atoms with Crippen LogP contribution in [0.25, 0.3) is 0 Å². The Kier molecular flexibility index (Phi) is 3.21. The van der Waals surface area contributed by atoms with E-state index in [9.17, 15) is 0 Å². The van der Waals surface area contributed by atoms with Crippen LogP contribution in [0, 0.1) is 6.92 Å². The van der Waals surface area contributed by atoms with E-state index in [0.29, 0.717) is 18.1 Å². The highest BCUT2D eigenvalue weighted by Crippen LogP contribution is 2.17. The molecule has 0 unspecified atom stereocenters. The molecule has 0 saturated heterocycles. The second-order valence-corrected chi connectivity index (χ2v) is 4.46. The smallest absolute Gasteiger partial charge is 0.224 e. The van der Waals surface area contributed by atoms with Crippen molar-refractivity contribution in [3.05, 3.63) is 27.6 Å². The lowest BCUT2D eigenvalue weighted by Gasteiger charge is -2.05. The number of anilines is 2. The number of nitrogens with two attached hydrogens (primary N) is 1. The van der Waals surface area contributed by atoms with Crippen LogP contribution in [0.4, 0.5) is 11.5 Å². The topological polar surface area (TPSA) is 76.7 Å². The zero-order valence-electron chi connectivity index (χ0n) is 8.57. The van der Waals surface area contributed by atoms with Crippen molar-refractivity contribution in [1.29, 1.82) is 0 Å². The van der Waals surface area contributed by atoms with Crippen LogP contribution in [-0.4, -0.2) is 15.0 Å². The molecule has 3 N–H and O–H groups in total. The second kappa shape index (κ2) is 4.63. The maximum absolute atomic E-state index is 5.70. The van der Waals surface area contributed by atoms with Gasteiger partial charge in [0, 0.05) is 11.1 Å². The molecule has 0 aliphatic rings. The van der Waals surface area contributed by atoms with E-state index in [2.05, 4.69) is 20.3 Å². The first-order chi connectivity index (χ1) is 7.65. The number of halogens is 1. The molecule has 16 heavy (non-hydrogen) atoms. The van der Waals surface area contributed by atoms with E-state index in [1.165, 1.54) is 6.20 Å². The van der Waals surface area contributed by atoms with Gasteiger partial charge in [-0.2, -0.15) is 4.98 Å². The molecule has 0 atom stereocenters. The summed E-state index contributed by atoms with van der Waals surface area (Å²) in [7, 11) is 0. The Balaban J connectivity index is 2.07. The van der Waals surface area contributed by atoms with E-state index in [-0.39, 0.29) is 5.28 Å². The van der Waals surface area contributed by atoms with Crippen molar-refractivity contribution in [2.45, 2.75) is 13.5 Å². The summed E-state index contributed by atoms with van der Waals surface area (Å²) in [5.74, 6) is 0.535. The number of nitrogens with zero attached hydrogens (tertiary/aromatic N) is 3. The van der Waals surface area contributed by atoms with Gasteiger partial charge in [-0.1, -0.05) is 0 Å². The average molecular weight is 256 g/mol. The molecule has 0 radical (unpaired) electrons. The van der Waals surface area contributed by atoms with Gasteiger partial charge in [-0.3, -0.25) is 0 Å². The molecular weight excluding hydrogens is 246 g/mol. The van der Waals surface area contributed by atoms with Gasteiger partial charge in [0.05, 0.1) is 18.4 Å². The molecule has 7 heteroatoms. The number of nitrogens with one attached hydrogen (secondary N) is 1. The molecule has 84 valence electrons. The number of hydrogen-bond acceptors (Lipinski definition) is 6. The van der Waals surface area contributed by atoms with Crippen molar-refractivity contribution in [3.63, 3.8) is 0 Å². The third-order valence-corrected chi connectivity index (χ3v) is 3.01. The van der Waals surface area contributed by atoms with Gasteiger partial charge in [0.2, 0.25) is 5.28 Å². The maximum atomic E-state index is 5.70. The summed E-state index contributed by atoms with van der Waals surface area (Å²) >= 11 is 7.26. The fourth-order valence-electron chi connectivity index (χ4n) is 1.15. The molecule has 0 bridgehead atoms. The van der Waals surface area contributed by atoms with Crippen LogP contribution in [0.3, 0.4) is 0 Å². The minimum absolute atomic E-state index is 0.173. The molecule has 0 aliphatic carbocycles. The molecule has 0 aromatic carbocycles. The van der Waals surface area contributed by atoms with Crippen LogP contribution in [0.5, 0.6) is 0 Å². The Morgan fingerprint density at radius 1 is 1.50 bits per heavy atom. The average Bonchev–Trinajstić information content (AvgIpc) is 2.66. The van der Waals surface area contributed by atoms with Crippen molar-refractivity contribution >= 4 is 34.4 Å². The normalized spacial score (nSPS) is 10.4. The lowest BCUT2D eigenvalue weighted by molar-refractivity contribution is 1.05. The molecule has 2 aromatic heterocycles. The molecule has 0 aliphatic heterocycles. The predicted molar refractivity (Wildman–Crippen MR) is 65.6 cm³/mol. The van der Waals surface area contributed by atoms with Gasteiger partial charge in [0.25, 0.3) is 0 Å². The Hall–Kier alpha value is -1.40. The standard InChI is InChI=1S/C9H10ClN5S/c1-5-4-16-7(14-5)3-12-8-6(11)2-13-9(10)15-8/h2,4H,3,11H2,1H3,(H,12,13,15). The van der Waals surface area contributed by atoms with Gasteiger partial charge in [0.1, 0.15) is 5.01 Å². The first kappa shape index (κ1) is 11.1. The highest BCUT2D eigenvalue weighted by Gasteiger charge is 2.04. The number of thiazole rings is 1. The molecule has 2 aromatic rings. The van der Waals surface area contributed by atoms with Gasteiger partial charge >= 0.3 is 0 Å². The van der Waals surface area contributed by atoms with E-state index in [1.807, 2.05) is 12.3 Å². The molecule has 2 heterocycles. The van der Waals surface area contributed by atoms with Gasteiger partial charge in [-0.05, 0) is 18.5 Å². The van der Waals surface area contributed by atoms with Crippen LogP contribution in [0.2, 0.25) is 5.28 Å². The van der Waals surface area contributed by atoms with E-state index in [1.54, 1.807) is 11.3 Å². The minimum atomic E-state index is 0.173. The van der Waals surface area contributed by atoms with Crippen molar-refractivity contribution in [2.24, 2.45) is 0 Å². The summed E-state index contributed by atoms with van der Waals surface area (Å²) in [5.41, 5.74) is 7.18. The largest absolute Gasteiger partial charge is 0.394 e. The molecule has 0 fully saturated rings. The van der Waals surface area contributed by atoms with Gasteiger partial charge in [-0.15, -0.1) is 11.3 Å². The molecule has 0 saturated carbocycles. The number of nitrogen functional groups attached to an aromatic ring is 1. The Bertz CT molecular complexity index is 498. The van der Waals surface area contributed by atoms with E-state index in [0.717, 1.165) is 10.7 Å². The zero-order valence-corrected chi connectivity index (χ0v) is 10.1. The highest BCUT2D eigenvalue weighted by atomic mass is 35.5. The molecule has 0 amide bonds. The van der Waals surface area contributed by atoms with Crippen LogP contribution >= 0.6 is 22.9 Å². The molecular formula is C9H10ClN5S. The lowest BCUT2D eigenvalue weighted by atomic mass is 10.5. The Morgan fingerprint density at radius 3 is 3.00 bits per heavy atom. The monoisotopic (exact) mass is 255 g/mol. The van der Waals surface area contributed by atoms with Gasteiger partial charge in [-0.25, -0.2) is 9.97 Å². The SMILES string of the molecule is Cc1csc(CNc2nc(Cl)ncc2N)n1. The molecule has 5 nitrogen and oxygen atoms in total. The fourth-order valence-corrected chi connectivity index (χ4v) is 2.00. The zero-order chi connectivity index (χ0) is 11.5. The summed E-state index contributed by atoms with van der Waals surface area (Å²) < 4.78 is 0. The number of aryl methyl sites for hydroxylation is 1. The number of aromatic nitrogens is 3. The van der Waals surface area contributed by atoms with Crippen LogP contribution in [0.1, 0.15) is 10.7 Å². The van der Waals surface area contributed by atoms with Crippen LogP contribution in [0.15, 0.2) is 11.6 Å². The molecule has 2 rings (SSSR count). The van der Waals surface area contributed by atoms with Crippen molar-refractivity contribution in [2.75, 3.05) is 11.1 Å². The summed E-state index contributed by atoms with van der Waals surface area (Å²) in [6, 6.07) is 0. The first-order valence-corrected chi connectivity index (χ1v) is 5.84. The Morgan fingerprint density at radius 2 is 2.31 bits per heavy atom. The third kappa shape index (κ3) is 2.59. The maximum Gasteiger partial charge on any atom is 0.224 e. The van der Waals surface area contributed by atoms with Crippen molar-refractivity contribution < 1.29 is 0 Å². The predicted octanol–water partition coefficient (Wildman–Crippen LogP) is 2.09. The number of hydrogen-bond donors (Lipinski definition) is 2. The quantitative estimate of drug-likeness (QED) is 0.822. The first-order valence-electron chi connectivity index (χ1n) is 4.58.